The fraction of sp³-hybridized carbons (Fsp3) is 0.375. The van der Waals surface area contributed by atoms with E-state index >= 15 is 0 Å². The summed E-state index contributed by atoms with van der Waals surface area (Å²) in [6.45, 7) is 0.278. The molecule has 4 atom stereocenters. The number of aliphatic hydroxyl groups excluding tert-OH is 2. The van der Waals surface area contributed by atoms with Gasteiger partial charge in [0.25, 0.3) is 0 Å². The highest BCUT2D eigenvalue weighted by Crippen LogP contribution is 2.39. The van der Waals surface area contributed by atoms with Crippen molar-refractivity contribution in [2.45, 2.75) is 47.1 Å². The lowest BCUT2D eigenvalue weighted by Gasteiger charge is -2.35. The SMILES string of the molecule is COc1cccc(OC)c1-n1c(CS(=O)(=O)[C@@H]2C[C@H](O)CN(c3ncc(F)cn3)C2)nnc1-c1ccn(C)n1.COc1cccc(OC)c1-n1c(CS(=O)(=O)[C@H]2C[C@@H](O)CN(c3ncc(F)cn3)C2)nnc1-c1ccn(C)n1. The minimum absolute atomic E-state index is 0.0131. The highest BCUT2D eigenvalue weighted by Gasteiger charge is 2.40. The predicted molar refractivity (Wildman–Crippen MR) is 276 cm³/mol. The fourth-order valence-corrected chi connectivity index (χ4v) is 12.6. The van der Waals surface area contributed by atoms with Crippen LogP contribution in [0.4, 0.5) is 20.7 Å². The molecule has 0 radical (unpaired) electrons. The van der Waals surface area contributed by atoms with Gasteiger partial charge in [-0.2, -0.15) is 10.2 Å². The Morgan fingerprint density at radius 1 is 0.538 bits per heavy atom. The van der Waals surface area contributed by atoms with Crippen LogP contribution in [0.2, 0.25) is 0 Å². The number of aryl methyl sites for hydroxylation is 2. The quantitative estimate of drug-likeness (QED) is 0.140. The molecule has 10 rings (SSSR count). The molecule has 8 aromatic rings. The summed E-state index contributed by atoms with van der Waals surface area (Å²) in [6.07, 6.45) is 5.57. The monoisotopic (exact) mass is 1120 g/mol. The summed E-state index contributed by atoms with van der Waals surface area (Å²) in [5, 5.41) is 45.0. The second-order valence-corrected chi connectivity index (χ2v) is 22.7. The lowest BCUT2D eigenvalue weighted by Crippen LogP contribution is -2.49. The second-order valence-electron chi connectivity index (χ2n) is 18.2. The van der Waals surface area contributed by atoms with E-state index in [1.165, 1.54) is 38.2 Å². The van der Waals surface area contributed by atoms with Crippen LogP contribution in [0.5, 0.6) is 23.0 Å². The molecule has 6 aromatic heterocycles. The van der Waals surface area contributed by atoms with Crippen LogP contribution >= 0.6 is 0 Å². The van der Waals surface area contributed by atoms with Crippen molar-refractivity contribution in [2.24, 2.45) is 14.1 Å². The number of aromatic nitrogens is 14. The molecule has 0 amide bonds. The number of piperidine rings is 2. The van der Waals surface area contributed by atoms with Gasteiger partial charge in [-0.05, 0) is 49.2 Å². The van der Waals surface area contributed by atoms with Crippen molar-refractivity contribution in [1.29, 1.82) is 0 Å². The summed E-state index contributed by atoms with van der Waals surface area (Å²) in [5.41, 5.74) is 1.77. The number of benzene rings is 2. The summed E-state index contributed by atoms with van der Waals surface area (Å²) in [7, 11) is 1.66. The fourth-order valence-electron chi connectivity index (χ4n) is 9.23. The van der Waals surface area contributed by atoms with Crippen molar-refractivity contribution in [3.8, 4) is 57.4 Å². The number of hydrogen-bond acceptors (Lipinski definition) is 22. The second kappa shape index (κ2) is 22.8. The molecule has 2 aliphatic heterocycles. The van der Waals surface area contributed by atoms with Crippen molar-refractivity contribution in [1.82, 2.24) is 69.0 Å². The first kappa shape index (κ1) is 54.6. The summed E-state index contributed by atoms with van der Waals surface area (Å²) in [4.78, 5) is 18.8. The summed E-state index contributed by atoms with van der Waals surface area (Å²) < 4.78 is 110. The molecule has 412 valence electrons. The number of methoxy groups -OCH3 is 4. The van der Waals surface area contributed by atoms with E-state index in [9.17, 15) is 35.8 Å². The Balaban J connectivity index is 0.000000190. The van der Waals surface area contributed by atoms with Crippen LogP contribution in [0.15, 0.2) is 85.7 Å². The smallest absolute Gasteiger partial charge is 0.225 e. The minimum atomic E-state index is -3.91. The third kappa shape index (κ3) is 11.5. The molecule has 0 bridgehead atoms. The van der Waals surface area contributed by atoms with Crippen molar-refractivity contribution in [2.75, 3.05) is 64.4 Å². The molecule has 2 N–H and O–H groups in total. The molecule has 0 saturated carbocycles. The van der Waals surface area contributed by atoms with E-state index in [2.05, 4.69) is 50.5 Å². The minimum Gasteiger partial charge on any atom is -0.494 e. The molecule has 78 heavy (non-hydrogen) atoms. The highest BCUT2D eigenvalue weighted by atomic mass is 32.2. The topological polar surface area (TPSA) is 301 Å². The first-order valence-corrected chi connectivity index (χ1v) is 27.4. The van der Waals surface area contributed by atoms with Crippen molar-refractivity contribution in [3.63, 3.8) is 0 Å². The normalized spacial score (nSPS) is 17.8. The largest absolute Gasteiger partial charge is 0.494 e. The predicted octanol–water partition coefficient (Wildman–Crippen LogP) is 2.34. The van der Waals surface area contributed by atoms with Gasteiger partial charge in [-0.15, -0.1) is 20.4 Å². The van der Waals surface area contributed by atoms with E-state index in [4.69, 9.17) is 18.9 Å². The number of halogens is 2. The van der Waals surface area contributed by atoms with Gasteiger partial charge < -0.3 is 39.0 Å². The lowest BCUT2D eigenvalue weighted by molar-refractivity contribution is 0.154. The molecule has 0 spiro atoms. The van der Waals surface area contributed by atoms with E-state index in [1.807, 2.05) is 0 Å². The van der Waals surface area contributed by atoms with Crippen molar-refractivity contribution in [3.05, 3.63) is 109 Å². The van der Waals surface area contributed by atoms with Crippen LogP contribution in [0.1, 0.15) is 24.5 Å². The lowest BCUT2D eigenvalue weighted by atomic mass is 10.1. The molecule has 8 heterocycles. The van der Waals surface area contributed by atoms with Gasteiger partial charge >= 0.3 is 0 Å². The zero-order valence-corrected chi connectivity index (χ0v) is 44.6. The maximum Gasteiger partial charge on any atom is 0.225 e. The number of β-amino-alcohol motifs (C(OH)–C–C–N with tert-alkyl or cyclic N) is 2. The zero-order valence-electron chi connectivity index (χ0n) is 42.9. The molecule has 2 aliphatic rings. The van der Waals surface area contributed by atoms with Gasteiger partial charge in [0.15, 0.2) is 54.6 Å². The van der Waals surface area contributed by atoms with Crippen LogP contribution in [-0.2, 0) is 45.3 Å². The first-order valence-electron chi connectivity index (χ1n) is 24.0. The Hall–Kier alpha value is -8.22. The van der Waals surface area contributed by atoms with Crippen LogP contribution in [-0.4, -0.2) is 173 Å². The number of para-hydroxylation sites is 2. The summed E-state index contributed by atoms with van der Waals surface area (Å²) in [6, 6.07) is 13.8. The summed E-state index contributed by atoms with van der Waals surface area (Å²) >= 11 is 0. The molecule has 26 nitrogen and oxygen atoms in total. The number of hydrogen-bond donors (Lipinski definition) is 2. The third-order valence-corrected chi connectivity index (χ3v) is 16.9. The molecular formula is C48H54F2N16O10S2. The van der Waals surface area contributed by atoms with Crippen LogP contribution in [0.3, 0.4) is 0 Å². The van der Waals surface area contributed by atoms with Crippen LogP contribution in [0, 0.1) is 11.6 Å². The molecule has 0 aliphatic carbocycles. The summed E-state index contributed by atoms with van der Waals surface area (Å²) in [5.74, 6) is 0.529. The van der Waals surface area contributed by atoms with Gasteiger partial charge in [0, 0.05) is 52.7 Å². The number of aliphatic hydroxyl groups is 2. The van der Waals surface area contributed by atoms with E-state index in [-0.39, 0.29) is 62.6 Å². The standard InChI is InChI=1S/2C24H27FN8O5S/c2*1-31-8-7-18(30-31)23-29-28-21(33(23)22-19(37-2)5-4-6-20(22)38-3)14-39(35,36)17-9-16(34)12-32(13-17)24-26-10-15(25)11-27-24/h2*4-8,10-11,16-17,34H,9,12-14H2,1-3H3/t2*16-,17+/m10/s1. The number of anilines is 2. The van der Waals surface area contributed by atoms with E-state index in [0.717, 1.165) is 24.8 Å². The van der Waals surface area contributed by atoms with Crippen molar-refractivity contribution >= 4 is 31.6 Å². The molecule has 30 heteroatoms. The Kier molecular flexibility index (Phi) is 15.9. The van der Waals surface area contributed by atoms with Gasteiger partial charge in [0.1, 0.15) is 57.3 Å². The van der Waals surface area contributed by atoms with E-state index in [0.29, 0.717) is 57.4 Å². The zero-order chi connectivity index (χ0) is 55.5. The first-order chi connectivity index (χ1) is 37.4. The van der Waals surface area contributed by atoms with Gasteiger partial charge in [-0.25, -0.2) is 45.6 Å². The molecule has 2 saturated heterocycles. The van der Waals surface area contributed by atoms with Crippen LogP contribution < -0.4 is 28.7 Å². The van der Waals surface area contributed by atoms with E-state index in [1.54, 1.807) is 93.5 Å². The van der Waals surface area contributed by atoms with Crippen molar-refractivity contribution < 1.29 is 54.8 Å². The van der Waals surface area contributed by atoms with Gasteiger partial charge in [0.2, 0.25) is 11.9 Å². The Morgan fingerprint density at radius 3 is 1.19 bits per heavy atom. The molecule has 0 unspecified atom stereocenters. The highest BCUT2D eigenvalue weighted by molar-refractivity contribution is 7.91. The van der Waals surface area contributed by atoms with Gasteiger partial charge in [-0.1, -0.05) is 12.1 Å². The molecule has 2 fully saturated rings. The van der Waals surface area contributed by atoms with Crippen LogP contribution in [0.25, 0.3) is 34.4 Å². The molecule has 2 aromatic carbocycles. The van der Waals surface area contributed by atoms with E-state index < -0.39 is 65.5 Å². The molecular weight excluding hydrogens is 1060 g/mol. The Labute approximate surface area is 445 Å². The van der Waals surface area contributed by atoms with Gasteiger partial charge in [0.05, 0.1) is 75.9 Å². The number of nitrogens with zero attached hydrogens (tertiary/aromatic N) is 16. The maximum absolute atomic E-state index is 13.8. The number of ether oxygens (including phenoxy) is 4. The average Bonchev–Trinajstić information content (AvgIpc) is 4.26. The number of sulfone groups is 2. The third-order valence-electron chi connectivity index (χ3n) is 12.8. The Morgan fingerprint density at radius 2 is 0.885 bits per heavy atom. The average molecular weight is 1120 g/mol. The maximum atomic E-state index is 13.8. The number of rotatable bonds is 16. The Bertz CT molecular complexity index is 3340. The van der Waals surface area contributed by atoms with Gasteiger partial charge in [-0.3, -0.25) is 18.5 Å².